The number of hydrogen-bond acceptors (Lipinski definition) is 7. The Hall–Kier alpha value is -1.33. The summed E-state index contributed by atoms with van der Waals surface area (Å²) in [4.78, 5) is 31.0. The molecular weight excluding hydrogens is 656 g/mol. The van der Waals surface area contributed by atoms with Crippen LogP contribution < -0.4 is 0 Å². The number of carboxylic acids is 1. The first-order valence-electron chi connectivity index (χ1n) is 12.5. The van der Waals surface area contributed by atoms with Gasteiger partial charge in [-0.1, -0.05) is 39.3 Å². The van der Waals surface area contributed by atoms with Crippen molar-refractivity contribution in [2.75, 3.05) is 19.8 Å². The molecule has 14 heteroatoms. The lowest BCUT2D eigenvalue weighted by atomic mass is 10.5. The molecule has 0 aliphatic heterocycles. The number of carbonyl (C=O) groups excluding carboxylic acids is 1. The maximum atomic E-state index is 11.8. The lowest BCUT2D eigenvalue weighted by molar-refractivity contribution is 0.0461. The molecule has 0 aromatic carbocycles. The molecule has 2 aromatic heterocycles. The van der Waals surface area contributed by atoms with Gasteiger partial charge < -0.3 is 19.3 Å². The van der Waals surface area contributed by atoms with Crippen LogP contribution in [-0.4, -0.2) is 72.1 Å². The number of rotatable bonds is 13. The molecule has 0 bridgehead atoms. The van der Waals surface area contributed by atoms with Crippen molar-refractivity contribution in [2.45, 2.75) is 85.6 Å². The molecule has 2 heterocycles. The van der Waals surface area contributed by atoms with Crippen molar-refractivity contribution in [3.63, 3.8) is 0 Å². The monoisotopic (exact) mass is 696 g/mol. The Balaban J connectivity index is 0.000000382. The molecular formula is C24H42Br2N4O6Si2. The SMILES string of the molecule is CCOC(=O)c1nc(Br)c(C)n1COCC[Si](C)(C)C.Cc1c(Br)nc(C(=O)O)n1COCC[Si](C)(C)C. The third kappa shape index (κ3) is 11.8. The maximum Gasteiger partial charge on any atom is 0.374 e. The van der Waals surface area contributed by atoms with Crippen molar-refractivity contribution in [2.24, 2.45) is 0 Å². The van der Waals surface area contributed by atoms with E-state index in [1.54, 1.807) is 16.1 Å². The third-order valence-corrected chi connectivity index (χ3v) is 10.3. The fourth-order valence-electron chi connectivity index (χ4n) is 2.91. The molecule has 2 rings (SSSR count). The second-order valence-corrected chi connectivity index (χ2v) is 23.9. The molecule has 0 saturated heterocycles. The highest BCUT2D eigenvalue weighted by atomic mass is 79.9. The number of halogens is 2. The second kappa shape index (κ2) is 15.5. The predicted molar refractivity (Wildman–Crippen MR) is 160 cm³/mol. The van der Waals surface area contributed by atoms with Crippen molar-refractivity contribution < 1.29 is 28.9 Å². The lowest BCUT2D eigenvalue weighted by Crippen LogP contribution is -2.22. The molecule has 10 nitrogen and oxygen atoms in total. The van der Waals surface area contributed by atoms with Crippen LogP contribution in [0.3, 0.4) is 0 Å². The van der Waals surface area contributed by atoms with Crippen LogP contribution in [0.15, 0.2) is 9.21 Å². The molecule has 0 aliphatic rings. The number of aromatic carboxylic acids is 1. The average Bonchev–Trinajstić information content (AvgIpc) is 3.24. The number of hydrogen-bond donors (Lipinski definition) is 1. The molecule has 216 valence electrons. The summed E-state index contributed by atoms with van der Waals surface area (Å²) in [5, 5.41) is 9.04. The Bertz CT molecular complexity index is 1080. The van der Waals surface area contributed by atoms with Gasteiger partial charge in [0.2, 0.25) is 11.6 Å². The van der Waals surface area contributed by atoms with Crippen LogP contribution in [0.4, 0.5) is 0 Å². The third-order valence-electron chi connectivity index (χ3n) is 5.41. The fraction of sp³-hybridized carbons (Fsp3) is 0.667. The molecule has 38 heavy (non-hydrogen) atoms. The lowest BCUT2D eigenvalue weighted by Gasteiger charge is -2.16. The summed E-state index contributed by atoms with van der Waals surface area (Å²) in [7, 11) is -2.22. The molecule has 2 aromatic rings. The van der Waals surface area contributed by atoms with E-state index in [-0.39, 0.29) is 18.4 Å². The van der Waals surface area contributed by atoms with Crippen molar-refractivity contribution in [1.82, 2.24) is 19.1 Å². The Kier molecular flexibility index (Phi) is 14.1. The summed E-state index contributed by atoms with van der Waals surface area (Å²) in [6.07, 6.45) is 0. The normalized spacial score (nSPS) is 11.8. The van der Waals surface area contributed by atoms with Gasteiger partial charge in [-0.05, 0) is 64.7 Å². The molecule has 0 radical (unpaired) electrons. The van der Waals surface area contributed by atoms with Crippen LogP contribution in [0.5, 0.6) is 0 Å². The van der Waals surface area contributed by atoms with Crippen LogP contribution >= 0.6 is 31.9 Å². The zero-order valence-corrected chi connectivity index (χ0v) is 29.2. The Morgan fingerprint density at radius 1 is 0.816 bits per heavy atom. The minimum absolute atomic E-state index is 0.00683. The van der Waals surface area contributed by atoms with Gasteiger partial charge in [-0.15, -0.1) is 0 Å². The quantitative estimate of drug-likeness (QED) is 0.145. The summed E-state index contributed by atoms with van der Waals surface area (Å²) in [6, 6.07) is 2.15. The molecule has 0 atom stereocenters. The molecule has 1 N–H and O–H groups in total. The highest BCUT2D eigenvalue weighted by molar-refractivity contribution is 9.10. The van der Waals surface area contributed by atoms with E-state index < -0.39 is 28.1 Å². The van der Waals surface area contributed by atoms with E-state index in [2.05, 4.69) is 81.1 Å². The van der Waals surface area contributed by atoms with Crippen LogP contribution in [0.1, 0.15) is 39.5 Å². The zero-order valence-electron chi connectivity index (χ0n) is 24.0. The number of ether oxygens (including phenoxy) is 3. The summed E-state index contributed by atoms with van der Waals surface area (Å²) in [5.41, 5.74) is 1.63. The van der Waals surface area contributed by atoms with Gasteiger partial charge in [0.15, 0.2) is 0 Å². The van der Waals surface area contributed by atoms with Gasteiger partial charge in [-0.3, -0.25) is 9.13 Å². The number of carbonyl (C=O) groups is 2. The first-order valence-corrected chi connectivity index (χ1v) is 21.5. The minimum Gasteiger partial charge on any atom is -0.475 e. The molecule has 0 fully saturated rings. The summed E-state index contributed by atoms with van der Waals surface area (Å²) in [5.74, 6) is -1.18. The van der Waals surface area contributed by atoms with Crippen molar-refractivity contribution in [1.29, 1.82) is 0 Å². The summed E-state index contributed by atoms with van der Waals surface area (Å²) >= 11 is 6.57. The summed E-state index contributed by atoms with van der Waals surface area (Å²) in [6.45, 7) is 21.5. The second-order valence-electron chi connectivity index (χ2n) is 11.2. The molecule has 0 spiro atoms. The number of nitrogens with zero attached hydrogens (tertiary/aromatic N) is 4. The minimum atomic E-state index is -1.11. The van der Waals surface area contributed by atoms with Crippen LogP contribution in [0, 0.1) is 13.8 Å². The van der Waals surface area contributed by atoms with E-state index in [1.807, 2.05) is 13.8 Å². The van der Waals surface area contributed by atoms with Gasteiger partial charge in [0.1, 0.15) is 22.7 Å². The molecule has 0 saturated carbocycles. The zero-order chi connectivity index (χ0) is 29.3. The highest BCUT2D eigenvalue weighted by Crippen LogP contribution is 2.19. The fourth-order valence-corrected chi connectivity index (χ4v) is 5.19. The van der Waals surface area contributed by atoms with Gasteiger partial charge in [0.25, 0.3) is 0 Å². The standard InChI is InChI=1S/C13H23BrN2O3Si.C11H19BrN2O3Si/c1-6-19-13(17)12-15-11(14)10(2)16(12)9-18-7-8-20(3,4)5;1-8-9(12)13-10(11(15)16)14(8)7-17-5-6-18(2,3)4/h6-9H2,1-5H3;5-7H2,1-4H3,(H,15,16). The Morgan fingerprint density at radius 2 is 1.21 bits per heavy atom. The van der Waals surface area contributed by atoms with Gasteiger partial charge in [0, 0.05) is 29.4 Å². The van der Waals surface area contributed by atoms with E-state index in [0.29, 0.717) is 35.8 Å². The average molecular weight is 699 g/mol. The van der Waals surface area contributed by atoms with Crippen LogP contribution in [-0.2, 0) is 27.7 Å². The van der Waals surface area contributed by atoms with Gasteiger partial charge >= 0.3 is 11.9 Å². The van der Waals surface area contributed by atoms with Crippen LogP contribution in [0.2, 0.25) is 51.4 Å². The topological polar surface area (TPSA) is 118 Å². The molecule has 0 unspecified atom stereocenters. The number of esters is 1. The molecule has 0 amide bonds. The Labute approximate surface area is 244 Å². The van der Waals surface area contributed by atoms with E-state index >= 15 is 0 Å². The maximum absolute atomic E-state index is 11.8. The van der Waals surface area contributed by atoms with Gasteiger partial charge in [0.05, 0.1) is 18.0 Å². The molecule has 0 aliphatic carbocycles. The highest BCUT2D eigenvalue weighted by Gasteiger charge is 2.21. The Morgan fingerprint density at radius 3 is 1.58 bits per heavy atom. The van der Waals surface area contributed by atoms with Gasteiger partial charge in [-0.25, -0.2) is 19.6 Å². The predicted octanol–water partition coefficient (Wildman–Crippen LogP) is 6.41. The van der Waals surface area contributed by atoms with E-state index in [0.717, 1.165) is 23.5 Å². The van der Waals surface area contributed by atoms with Crippen molar-refractivity contribution in [3.8, 4) is 0 Å². The van der Waals surface area contributed by atoms with Crippen LogP contribution in [0.25, 0.3) is 0 Å². The largest absolute Gasteiger partial charge is 0.475 e. The van der Waals surface area contributed by atoms with E-state index in [1.165, 1.54) is 0 Å². The van der Waals surface area contributed by atoms with Crippen molar-refractivity contribution in [3.05, 3.63) is 32.2 Å². The van der Waals surface area contributed by atoms with Gasteiger partial charge in [-0.2, -0.15) is 0 Å². The number of imidazole rings is 2. The first-order chi connectivity index (χ1) is 17.5. The summed E-state index contributed by atoms with van der Waals surface area (Å²) < 4.78 is 20.8. The van der Waals surface area contributed by atoms with E-state index in [9.17, 15) is 9.59 Å². The first kappa shape index (κ1) is 34.7. The number of aromatic nitrogens is 4. The van der Waals surface area contributed by atoms with Crippen molar-refractivity contribution >= 4 is 59.9 Å². The number of carboxylic acid groups (broad SMARTS) is 1. The smallest absolute Gasteiger partial charge is 0.374 e. The van der Waals surface area contributed by atoms with E-state index in [4.69, 9.17) is 19.3 Å².